The van der Waals surface area contributed by atoms with Gasteiger partial charge < -0.3 is 16.4 Å². The van der Waals surface area contributed by atoms with Gasteiger partial charge in [0, 0.05) is 12.6 Å². The Balaban J connectivity index is 2.88. The van der Waals surface area contributed by atoms with E-state index in [1.165, 1.54) is 13.8 Å². The molecule has 0 aliphatic carbocycles. The lowest BCUT2D eigenvalue weighted by atomic mass is 10.2. The van der Waals surface area contributed by atoms with Crippen LogP contribution in [0.3, 0.4) is 0 Å². The summed E-state index contributed by atoms with van der Waals surface area (Å²) in [7, 11) is 0. The maximum atomic E-state index is 11.0. The van der Waals surface area contributed by atoms with Gasteiger partial charge in [0.2, 0.25) is 5.91 Å². The summed E-state index contributed by atoms with van der Waals surface area (Å²) in [5.74, 6) is -0.165. The van der Waals surface area contributed by atoms with Crippen molar-refractivity contribution < 1.29 is 9.59 Å². The molecule has 0 bridgehead atoms. The molecule has 0 saturated heterocycles. The minimum Gasteiger partial charge on any atom is -0.399 e. The van der Waals surface area contributed by atoms with Gasteiger partial charge in [0.05, 0.1) is 17.9 Å². The van der Waals surface area contributed by atoms with Crippen LogP contribution >= 0.6 is 0 Å². The molecular formula is C11H15N3O2. The van der Waals surface area contributed by atoms with Gasteiger partial charge in [0.25, 0.3) is 0 Å². The first kappa shape index (κ1) is 12.0. The first-order chi connectivity index (χ1) is 7.49. The monoisotopic (exact) mass is 221 g/mol. The molecule has 0 saturated carbocycles. The number of nitrogens with one attached hydrogen (secondary N) is 2. The van der Waals surface area contributed by atoms with Crippen LogP contribution in [0.15, 0.2) is 18.2 Å². The number of nitrogens with two attached hydrogens (primary N) is 1. The lowest BCUT2D eigenvalue weighted by Gasteiger charge is -2.11. The maximum absolute atomic E-state index is 11.0. The number of Topliss-reactive ketones (excluding diaryl/α,β-unsaturated/α-hetero) is 1. The average molecular weight is 221 g/mol. The van der Waals surface area contributed by atoms with E-state index in [0.29, 0.717) is 17.1 Å². The van der Waals surface area contributed by atoms with Gasteiger partial charge in [-0.2, -0.15) is 0 Å². The third-order valence-corrected chi connectivity index (χ3v) is 1.88. The molecule has 0 heterocycles. The van der Waals surface area contributed by atoms with E-state index in [-0.39, 0.29) is 18.2 Å². The van der Waals surface area contributed by atoms with E-state index in [4.69, 9.17) is 5.73 Å². The summed E-state index contributed by atoms with van der Waals surface area (Å²) in [5, 5.41) is 5.57. The first-order valence-electron chi connectivity index (χ1n) is 4.89. The molecule has 5 heteroatoms. The summed E-state index contributed by atoms with van der Waals surface area (Å²) in [4.78, 5) is 21.8. The lowest BCUT2D eigenvalue weighted by molar-refractivity contribution is -0.115. The van der Waals surface area contributed by atoms with E-state index in [0.717, 1.165) is 0 Å². The van der Waals surface area contributed by atoms with Crippen molar-refractivity contribution in [1.82, 2.24) is 0 Å². The molecule has 16 heavy (non-hydrogen) atoms. The molecule has 0 radical (unpaired) electrons. The zero-order chi connectivity index (χ0) is 12.1. The van der Waals surface area contributed by atoms with Crippen molar-refractivity contribution in [3.63, 3.8) is 0 Å². The van der Waals surface area contributed by atoms with Crippen LogP contribution in [0.5, 0.6) is 0 Å². The Morgan fingerprint density at radius 1 is 1.25 bits per heavy atom. The SMILES string of the molecule is CC(=O)CNc1ccc(N)cc1NC(C)=O. The fourth-order valence-electron chi connectivity index (χ4n) is 1.23. The quantitative estimate of drug-likeness (QED) is 0.667. The van der Waals surface area contributed by atoms with Crippen LogP contribution in [0.1, 0.15) is 13.8 Å². The molecule has 1 aromatic rings. The molecule has 0 fully saturated rings. The number of rotatable bonds is 4. The van der Waals surface area contributed by atoms with Gasteiger partial charge in [0.15, 0.2) is 0 Å². The van der Waals surface area contributed by atoms with Crippen LogP contribution in [0, 0.1) is 0 Å². The van der Waals surface area contributed by atoms with E-state index in [1.807, 2.05) is 0 Å². The number of ketones is 1. The van der Waals surface area contributed by atoms with Crippen molar-refractivity contribution in [1.29, 1.82) is 0 Å². The van der Waals surface area contributed by atoms with Crippen molar-refractivity contribution in [2.45, 2.75) is 13.8 Å². The fourth-order valence-corrected chi connectivity index (χ4v) is 1.23. The van der Waals surface area contributed by atoms with E-state index in [2.05, 4.69) is 10.6 Å². The van der Waals surface area contributed by atoms with Gasteiger partial charge in [-0.3, -0.25) is 9.59 Å². The molecule has 0 unspecified atom stereocenters. The number of hydrogen-bond acceptors (Lipinski definition) is 4. The van der Waals surface area contributed by atoms with Gasteiger partial charge in [0.1, 0.15) is 5.78 Å². The van der Waals surface area contributed by atoms with Gasteiger partial charge >= 0.3 is 0 Å². The third kappa shape index (κ3) is 3.61. The summed E-state index contributed by atoms with van der Waals surface area (Å²) in [6.07, 6.45) is 0. The summed E-state index contributed by atoms with van der Waals surface area (Å²) in [6.45, 7) is 3.12. The Kier molecular flexibility index (Phi) is 3.88. The number of benzene rings is 1. The van der Waals surface area contributed by atoms with E-state index in [1.54, 1.807) is 18.2 Å². The summed E-state index contributed by atoms with van der Waals surface area (Å²) in [6, 6.07) is 5.07. The second-order valence-electron chi connectivity index (χ2n) is 3.54. The molecule has 1 aromatic carbocycles. The molecule has 1 amide bonds. The highest BCUT2D eigenvalue weighted by Gasteiger charge is 2.04. The van der Waals surface area contributed by atoms with Crippen molar-refractivity contribution in [2.24, 2.45) is 0 Å². The van der Waals surface area contributed by atoms with Crippen molar-refractivity contribution in [3.8, 4) is 0 Å². The largest absolute Gasteiger partial charge is 0.399 e. The highest BCUT2D eigenvalue weighted by molar-refractivity contribution is 5.94. The van der Waals surface area contributed by atoms with E-state index < -0.39 is 0 Å². The minimum absolute atomic E-state index is 0.0191. The number of anilines is 3. The molecule has 0 spiro atoms. The highest BCUT2D eigenvalue weighted by Crippen LogP contribution is 2.24. The van der Waals surface area contributed by atoms with Crippen LogP contribution in [-0.4, -0.2) is 18.2 Å². The Morgan fingerprint density at radius 2 is 1.94 bits per heavy atom. The van der Waals surface area contributed by atoms with Gasteiger partial charge in [-0.15, -0.1) is 0 Å². The number of amides is 1. The van der Waals surface area contributed by atoms with Gasteiger partial charge in [-0.1, -0.05) is 0 Å². The number of carbonyl (C=O) groups is 2. The molecule has 4 N–H and O–H groups in total. The van der Waals surface area contributed by atoms with Crippen LogP contribution in [0.4, 0.5) is 17.1 Å². The smallest absolute Gasteiger partial charge is 0.221 e. The van der Waals surface area contributed by atoms with E-state index in [9.17, 15) is 9.59 Å². The second kappa shape index (κ2) is 5.16. The lowest BCUT2D eigenvalue weighted by Crippen LogP contribution is -2.13. The Labute approximate surface area is 94.0 Å². The van der Waals surface area contributed by atoms with Gasteiger partial charge in [-0.25, -0.2) is 0 Å². The van der Waals surface area contributed by atoms with Crippen molar-refractivity contribution >= 4 is 28.8 Å². The minimum atomic E-state index is -0.184. The number of nitrogen functional groups attached to an aromatic ring is 1. The second-order valence-corrected chi connectivity index (χ2v) is 3.54. The van der Waals surface area contributed by atoms with Crippen molar-refractivity contribution in [3.05, 3.63) is 18.2 Å². The fraction of sp³-hybridized carbons (Fsp3) is 0.273. The number of carbonyl (C=O) groups excluding carboxylic acids is 2. The molecule has 0 aromatic heterocycles. The molecule has 0 atom stereocenters. The topological polar surface area (TPSA) is 84.2 Å². The molecular weight excluding hydrogens is 206 g/mol. The zero-order valence-electron chi connectivity index (χ0n) is 9.33. The highest BCUT2D eigenvalue weighted by atomic mass is 16.1. The normalized spacial score (nSPS) is 9.62. The Hall–Kier alpha value is -2.04. The Bertz CT molecular complexity index is 416. The summed E-state index contributed by atoms with van der Waals surface area (Å²) >= 11 is 0. The van der Waals surface area contributed by atoms with Gasteiger partial charge in [-0.05, 0) is 25.1 Å². The predicted molar refractivity (Wildman–Crippen MR) is 64.3 cm³/mol. The molecule has 0 aliphatic rings. The van der Waals surface area contributed by atoms with Crippen LogP contribution in [0.2, 0.25) is 0 Å². The predicted octanol–water partition coefficient (Wildman–Crippen LogP) is 1.23. The van der Waals surface area contributed by atoms with Crippen LogP contribution in [-0.2, 0) is 9.59 Å². The molecule has 1 rings (SSSR count). The Morgan fingerprint density at radius 3 is 2.50 bits per heavy atom. The van der Waals surface area contributed by atoms with Crippen LogP contribution in [0.25, 0.3) is 0 Å². The average Bonchev–Trinajstić information content (AvgIpc) is 2.15. The third-order valence-electron chi connectivity index (χ3n) is 1.88. The van der Waals surface area contributed by atoms with Crippen LogP contribution < -0.4 is 16.4 Å². The van der Waals surface area contributed by atoms with E-state index >= 15 is 0 Å². The zero-order valence-corrected chi connectivity index (χ0v) is 9.33. The standard InChI is InChI=1S/C11H15N3O2/c1-7(15)6-13-10-4-3-9(12)5-11(10)14-8(2)16/h3-5,13H,6,12H2,1-2H3,(H,14,16). The molecule has 86 valence electrons. The number of hydrogen-bond donors (Lipinski definition) is 3. The molecule has 0 aliphatic heterocycles. The summed E-state index contributed by atoms with van der Waals surface area (Å²) < 4.78 is 0. The molecule has 5 nitrogen and oxygen atoms in total. The van der Waals surface area contributed by atoms with Crippen molar-refractivity contribution in [2.75, 3.05) is 22.9 Å². The first-order valence-corrected chi connectivity index (χ1v) is 4.89. The summed E-state index contributed by atoms with van der Waals surface area (Å²) in [5.41, 5.74) is 7.42. The maximum Gasteiger partial charge on any atom is 0.221 e.